The van der Waals surface area contributed by atoms with E-state index in [1.54, 1.807) is 11.8 Å². The van der Waals surface area contributed by atoms with Crippen LogP contribution >= 0.6 is 11.8 Å². The molecule has 9 heteroatoms. The molecule has 2 aromatic rings. The van der Waals surface area contributed by atoms with Crippen molar-refractivity contribution in [3.05, 3.63) is 36.2 Å². The van der Waals surface area contributed by atoms with Crippen molar-refractivity contribution in [1.29, 1.82) is 0 Å². The number of hydrogen-bond donors (Lipinski definition) is 0. The SMILES string of the molecule is CC(c1nc(-c2ccccc2)no1)N1CCN(C(=O)C2CSC3(C)CCC(=O)N23)CC1. The van der Waals surface area contributed by atoms with Crippen LogP contribution in [0.5, 0.6) is 0 Å². The van der Waals surface area contributed by atoms with E-state index in [0.29, 0.717) is 37.0 Å². The lowest BCUT2D eigenvalue weighted by Gasteiger charge is -2.39. The van der Waals surface area contributed by atoms with Crippen molar-refractivity contribution in [2.24, 2.45) is 0 Å². The van der Waals surface area contributed by atoms with Crippen molar-refractivity contribution in [1.82, 2.24) is 24.8 Å². The van der Waals surface area contributed by atoms with E-state index >= 15 is 0 Å². The number of rotatable bonds is 4. The molecule has 3 fully saturated rings. The Balaban J connectivity index is 1.20. The van der Waals surface area contributed by atoms with Crippen LogP contribution in [0.1, 0.15) is 38.6 Å². The summed E-state index contributed by atoms with van der Waals surface area (Å²) in [6.07, 6.45) is 1.38. The summed E-state index contributed by atoms with van der Waals surface area (Å²) in [7, 11) is 0. The summed E-state index contributed by atoms with van der Waals surface area (Å²) >= 11 is 1.74. The van der Waals surface area contributed by atoms with E-state index in [4.69, 9.17) is 4.52 Å². The maximum atomic E-state index is 13.2. The first-order valence-electron chi connectivity index (χ1n) is 10.8. The van der Waals surface area contributed by atoms with E-state index in [9.17, 15) is 9.59 Å². The molecule has 0 bridgehead atoms. The lowest BCUT2D eigenvalue weighted by atomic mass is 10.1. The minimum absolute atomic E-state index is 0.0206. The second-order valence-corrected chi connectivity index (χ2v) is 10.1. The first-order valence-corrected chi connectivity index (χ1v) is 11.8. The summed E-state index contributed by atoms with van der Waals surface area (Å²) in [4.78, 5) is 36.0. The van der Waals surface area contributed by atoms with E-state index in [1.165, 1.54) is 0 Å². The Labute approximate surface area is 185 Å². The smallest absolute Gasteiger partial charge is 0.246 e. The molecule has 2 amide bonds. The molecule has 3 aliphatic heterocycles. The number of benzene rings is 1. The van der Waals surface area contributed by atoms with Crippen LogP contribution in [0.4, 0.5) is 0 Å². The molecule has 4 heterocycles. The largest absolute Gasteiger partial charge is 0.338 e. The Morgan fingerprint density at radius 1 is 1.23 bits per heavy atom. The van der Waals surface area contributed by atoms with Crippen LogP contribution in [0.2, 0.25) is 0 Å². The molecule has 0 saturated carbocycles. The molecule has 31 heavy (non-hydrogen) atoms. The molecule has 5 rings (SSSR count). The predicted molar refractivity (Wildman–Crippen MR) is 117 cm³/mol. The fourth-order valence-electron chi connectivity index (χ4n) is 4.81. The van der Waals surface area contributed by atoms with E-state index in [1.807, 2.05) is 40.1 Å². The molecule has 8 nitrogen and oxygen atoms in total. The molecule has 0 aliphatic carbocycles. The van der Waals surface area contributed by atoms with Gasteiger partial charge in [-0.1, -0.05) is 35.5 Å². The highest BCUT2D eigenvalue weighted by molar-refractivity contribution is 8.01. The maximum Gasteiger partial charge on any atom is 0.246 e. The quantitative estimate of drug-likeness (QED) is 0.720. The summed E-state index contributed by atoms with van der Waals surface area (Å²) < 4.78 is 5.53. The molecule has 3 atom stereocenters. The third-order valence-corrected chi connectivity index (χ3v) is 8.24. The zero-order valence-electron chi connectivity index (χ0n) is 17.9. The Morgan fingerprint density at radius 2 is 1.97 bits per heavy atom. The maximum absolute atomic E-state index is 13.2. The van der Waals surface area contributed by atoms with Gasteiger partial charge in [-0.2, -0.15) is 4.98 Å². The summed E-state index contributed by atoms with van der Waals surface area (Å²) in [6, 6.07) is 9.43. The Hall–Kier alpha value is -2.39. The van der Waals surface area contributed by atoms with E-state index in [-0.39, 0.29) is 28.8 Å². The summed E-state index contributed by atoms with van der Waals surface area (Å²) in [5, 5.41) is 4.13. The Bertz CT molecular complexity index is 975. The molecule has 3 unspecified atom stereocenters. The molecule has 164 valence electrons. The number of aromatic nitrogens is 2. The van der Waals surface area contributed by atoms with E-state index in [0.717, 1.165) is 25.1 Å². The molecular weight excluding hydrogens is 414 g/mol. The number of carbonyl (C=O) groups excluding carboxylic acids is 2. The first kappa shape index (κ1) is 20.5. The van der Waals surface area contributed by atoms with E-state index in [2.05, 4.69) is 28.9 Å². The van der Waals surface area contributed by atoms with Gasteiger partial charge in [-0.3, -0.25) is 14.5 Å². The van der Waals surface area contributed by atoms with Crippen LogP contribution in [0.25, 0.3) is 11.4 Å². The lowest BCUT2D eigenvalue weighted by molar-refractivity contribution is -0.145. The van der Waals surface area contributed by atoms with Crippen molar-refractivity contribution in [3.8, 4) is 11.4 Å². The number of carbonyl (C=O) groups is 2. The van der Waals surface area contributed by atoms with Crippen molar-refractivity contribution in [3.63, 3.8) is 0 Å². The molecule has 0 N–H and O–H groups in total. The summed E-state index contributed by atoms with van der Waals surface area (Å²) in [5.41, 5.74) is 0.929. The number of amides is 2. The number of thioether (sulfide) groups is 1. The normalized spacial score (nSPS) is 27.5. The van der Waals surface area contributed by atoms with Gasteiger partial charge in [-0.25, -0.2) is 0 Å². The van der Waals surface area contributed by atoms with Crippen LogP contribution in [0.15, 0.2) is 34.9 Å². The van der Waals surface area contributed by atoms with Crippen LogP contribution in [-0.4, -0.2) is 79.5 Å². The van der Waals surface area contributed by atoms with Gasteiger partial charge in [-0.05, 0) is 20.3 Å². The highest BCUT2D eigenvalue weighted by atomic mass is 32.2. The minimum Gasteiger partial charge on any atom is -0.338 e. The van der Waals surface area contributed by atoms with Crippen molar-refractivity contribution in [2.45, 2.75) is 43.6 Å². The zero-order chi connectivity index (χ0) is 21.6. The molecule has 3 saturated heterocycles. The van der Waals surface area contributed by atoms with Gasteiger partial charge >= 0.3 is 0 Å². The molecule has 3 aliphatic rings. The standard InChI is InChI=1S/C22H27N5O3S/c1-15(20-23-19(24-30-20)16-6-4-3-5-7-16)25-10-12-26(13-11-25)21(29)17-14-31-22(2)9-8-18(28)27(17)22/h3-7,15,17H,8-14H2,1-2H3. The third-order valence-electron chi connectivity index (χ3n) is 6.73. The fraction of sp³-hybridized carbons (Fsp3) is 0.545. The van der Waals surface area contributed by atoms with Gasteiger partial charge in [0.2, 0.25) is 23.5 Å². The molecular formula is C22H27N5O3S. The second-order valence-electron chi connectivity index (χ2n) is 8.63. The van der Waals surface area contributed by atoms with Crippen LogP contribution < -0.4 is 0 Å². The fourth-order valence-corrected chi connectivity index (χ4v) is 6.23. The Morgan fingerprint density at radius 3 is 2.71 bits per heavy atom. The van der Waals surface area contributed by atoms with Gasteiger partial charge < -0.3 is 14.3 Å². The van der Waals surface area contributed by atoms with Gasteiger partial charge in [0.1, 0.15) is 6.04 Å². The Kier molecular flexibility index (Phi) is 5.26. The second kappa shape index (κ2) is 7.94. The van der Waals surface area contributed by atoms with Crippen LogP contribution in [-0.2, 0) is 9.59 Å². The van der Waals surface area contributed by atoms with Crippen molar-refractivity contribution in [2.75, 3.05) is 31.9 Å². The molecule has 0 spiro atoms. The highest BCUT2D eigenvalue weighted by Crippen LogP contribution is 2.47. The van der Waals surface area contributed by atoms with Gasteiger partial charge in [0.25, 0.3) is 0 Å². The van der Waals surface area contributed by atoms with E-state index < -0.39 is 0 Å². The minimum atomic E-state index is -0.321. The average molecular weight is 442 g/mol. The van der Waals surface area contributed by atoms with Crippen molar-refractivity contribution >= 4 is 23.6 Å². The van der Waals surface area contributed by atoms with Crippen molar-refractivity contribution < 1.29 is 14.1 Å². The molecule has 0 radical (unpaired) electrons. The number of fused-ring (bicyclic) bond motifs is 1. The number of piperazine rings is 1. The summed E-state index contributed by atoms with van der Waals surface area (Å²) in [6.45, 7) is 6.90. The average Bonchev–Trinajstić information content (AvgIpc) is 3.49. The zero-order valence-corrected chi connectivity index (χ0v) is 18.7. The molecule has 1 aromatic heterocycles. The molecule has 1 aromatic carbocycles. The highest BCUT2D eigenvalue weighted by Gasteiger charge is 2.53. The van der Waals surface area contributed by atoms with Gasteiger partial charge in [0.15, 0.2) is 0 Å². The summed E-state index contributed by atoms with van der Waals surface area (Å²) in [5.74, 6) is 2.08. The lowest BCUT2D eigenvalue weighted by Crippen LogP contribution is -2.56. The van der Waals surface area contributed by atoms with Gasteiger partial charge in [-0.15, -0.1) is 11.8 Å². The van der Waals surface area contributed by atoms with Crippen LogP contribution in [0.3, 0.4) is 0 Å². The predicted octanol–water partition coefficient (Wildman–Crippen LogP) is 2.40. The van der Waals surface area contributed by atoms with Gasteiger partial charge in [0.05, 0.1) is 10.9 Å². The monoisotopic (exact) mass is 441 g/mol. The topological polar surface area (TPSA) is 82.8 Å². The number of hydrogen-bond acceptors (Lipinski definition) is 7. The third kappa shape index (κ3) is 3.63. The van der Waals surface area contributed by atoms with Gasteiger partial charge in [0, 0.05) is 43.9 Å². The van der Waals surface area contributed by atoms with Crippen LogP contribution in [0, 0.1) is 0 Å². The number of nitrogens with zero attached hydrogens (tertiary/aromatic N) is 5. The first-order chi connectivity index (χ1) is 15.0.